The van der Waals surface area contributed by atoms with E-state index in [4.69, 9.17) is 4.52 Å². The SMILES string of the molecule is Cc1n[nH]c(C)c1CCNC(=O)CCc1nc(-c2ccccc2F)no1. The minimum Gasteiger partial charge on any atom is -0.356 e. The van der Waals surface area contributed by atoms with Gasteiger partial charge in [-0.15, -0.1) is 0 Å². The summed E-state index contributed by atoms with van der Waals surface area (Å²) in [4.78, 5) is 16.1. The molecule has 0 bridgehead atoms. The van der Waals surface area contributed by atoms with Gasteiger partial charge in [0, 0.05) is 25.1 Å². The van der Waals surface area contributed by atoms with Crippen LogP contribution in [0, 0.1) is 19.7 Å². The van der Waals surface area contributed by atoms with Gasteiger partial charge in [0.2, 0.25) is 17.6 Å². The van der Waals surface area contributed by atoms with Gasteiger partial charge in [-0.25, -0.2) is 4.39 Å². The molecule has 0 fully saturated rings. The Bertz CT molecular complexity index is 883. The van der Waals surface area contributed by atoms with Crippen LogP contribution in [0.4, 0.5) is 4.39 Å². The van der Waals surface area contributed by atoms with Crippen LogP contribution in [0.1, 0.15) is 29.3 Å². The lowest BCUT2D eigenvalue weighted by molar-refractivity contribution is -0.121. The van der Waals surface area contributed by atoms with Crippen molar-refractivity contribution in [3.8, 4) is 11.4 Å². The van der Waals surface area contributed by atoms with Crippen molar-refractivity contribution in [1.82, 2.24) is 25.7 Å². The number of amides is 1. The molecule has 2 aromatic heterocycles. The molecule has 0 saturated carbocycles. The number of hydrogen-bond acceptors (Lipinski definition) is 5. The average molecular weight is 357 g/mol. The highest BCUT2D eigenvalue weighted by Crippen LogP contribution is 2.19. The number of carbonyl (C=O) groups is 1. The van der Waals surface area contributed by atoms with Crippen molar-refractivity contribution in [3.63, 3.8) is 0 Å². The van der Waals surface area contributed by atoms with Crippen molar-refractivity contribution in [1.29, 1.82) is 0 Å². The molecular weight excluding hydrogens is 337 g/mol. The normalized spacial score (nSPS) is 10.9. The second-order valence-corrected chi connectivity index (χ2v) is 6.00. The molecule has 0 atom stereocenters. The van der Waals surface area contributed by atoms with E-state index in [0.29, 0.717) is 18.9 Å². The highest BCUT2D eigenvalue weighted by Gasteiger charge is 2.13. The molecule has 8 heteroatoms. The zero-order chi connectivity index (χ0) is 18.5. The number of nitrogens with one attached hydrogen (secondary N) is 2. The van der Waals surface area contributed by atoms with E-state index in [9.17, 15) is 9.18 Å². The van der Waals surface area contributed by atoms with Crippen LogP contribution in [0.2, 0.25) is 0 Å². The smallest absolute Gasteiger partial charge is 0.227 e. The largest absolute Gasteiger partial charge is 0.356 e. The van der Waals surface area contributed by atoms with Gasteiger partial charge in [0.05, 0.1) is 11.3 Å². The second kappa shape index (κ2) is 7.90. The van der Waals surface area contributed by atoms with Crippen LogP contribution < -0.4 is 5.32 Å². The number of aromatic amines is 1. The van der Waals surface area contributed by atoms with Crippen molar-refractivity contribution < 1.29 is 13.7 Å². The highest BCUT2D eigenvalue weighted by molar-refractivity contribution is 5.76. The lowest BCUT2D eigenvalue weighted by Gasteiger charge is -2.04. The quantitative estimate of drug-likeness (QED) is 0.677. The number of rotatable bonds is 7. The van der Waals surface area contributed by atoms with E-state index < -0.39 is 5.82 Å². The molecule has 0 spiro atoms. The molecule has 1 aromatic carbocycles. The van der Waals surface area contributed by atoms with Gasteiger partial charge < -0.3 is 9.84 Å². The maximum Gasteiger partial charge on any atom is 0.227 e. The first kappa shape index (κ1) is 17.8. The molecule has 3 aromatic rings. The third kappa shape index (κ3) is 4.14. The van der Waals surface area contributed by atoms with Gasteiger partial charge >= 0.3 is 0 Å². The summed E-state index contributed by atoms with van der Waals surface area (Å²) >= 11 is 0. The summed E-state index contributed by atoms with van der Waals surface area (Å²) in [6.07, 6.45) is 1.25. The monoisotopic (exact) mass is 357 g/mol. The summed E-state index contributed by atoms with van der Waals surface area (Å²) < 4.78 is 18.8. The van der Waals surface area contributed by atoms with Crippen LogP contribution in [0.25, 0.3) is 11.4 Å². The molecule has 1 amide bonds. The number of H-pyrrole nitrogens is 1. The number of aryl methyl sites for hydroxylation is 3. The molecule has 0 aliphatic carbocycles. The standard InChI is InChI=1S/C18H20FN5O2/c1-11-13(12(2)23-22-11)9-10-20-16(25)7-8-17-21-18(24-26-17)14-5-3-4-6-15(14)19/h3-6H,7-10H2,1-2H3,(H,20,25)(H,22,23). The number of hydrogen-bond donors (Lipinski definition) is 2. The fourth-order valence-electron chi connectivity index (χ4n) is 2.69. The lowest BCUT2D eigenvalue weighted by atomic mass is 10.1. The molecule has 0 aliphatic rings. The molecule has 0 unspecified atom stereocenters. The van der Waals surface area contributed by atoms with Crippen molar-refractivity contribution in [2.45, 2.75) is 33.1 Å². The van der Waals surface area contributed by atoms with E-state index in [1.807, 2.05) is 13.8 Å². The summed E-state index contributed by atoms with van der Waals surface area (Å²) in [5.41, 5.74) is 3.36. The number of halogens is 1. The number of nitrogens with zero attached hydrogens (tertiary/aromatic N) is 3. The molecule has 7 nitrogen and oxygen atoms in total. The molecular formula is C18H20FN5O2. The van der Waals surface area contributed by atoms with Gasteiger partial charge in [0.25, 0.3) is 0 Å². The first-order valence-corrected chi connectivity index (χ1v) is 8.39. The maximum absolute atomic E-state index is 13.7. The minimum atomic E-state index is -0.414. The molecule has 3 rings (SSSR count). The first-order chi connectivity index (χ1) is 12.5. The Labute approximate surface area is 150 Å². The van der Waals surface area contributed by atoms with E-state index >= 15 is 0 Å². The van der Waals surface area contributed by atoms with Gasteiger partial charge in [-0.2, -0.15) is 10.1 Å². The van der Waals surface area contributed by atoms with Crippen LogP contribution in [0.3, 0.4) is 0 Å². The molecule has 0 radical (unpaired) electrons. The molecule has 26 heavy (non-hydrogen) atoms. The van der Waals surface area contributed by atoms with Crippen LogP contribution in [-0.4, -0.2) is 32.8 Å². The van der Waals surface area contributed by atoms with Crippen LogP contribution in [0.15, 0.2) is 28.8 Å². The summed E-state index contributed by atoms with van der Waals surface area (Å²) in [7, 11) is 0. The van der Waals surface area contributed by atoms with Gasteiger partial charge in [-0.05, 0) is 38.0 Å². The predicted octanol–water partition coefficient (Wildman–Crippen LogP) is 2.51. The van der Waals surface area contributed by atoms with Gasteiger partial charge in [0.15, 0.2) is 0 Å². The molecule has 0 saturated heterocycles. The number of aromatic nitrogens is 4. The van der Waals surface area contributed by atoms with Crippen molar-refractivity contribution >= 4 is 5.91 Å². The Morgan fingerprint density at radius 1 is 1.27 bits per heavy atom. The Kier molecular flexibility index (Phi) is 5.40. The summed E-state index contributed by atoms with van der Waals surface area (Å²) in [5.74, 6) is -0.0267. The molecule has 2 heterocycles. The zero-order valence-electron chi connectivity index (χ0n) is 14.7. The fourth-order valence-corrected chi connectivity index (χ4v) is 2.69. The Morgan fingerprint density at radius 3 is 2.81 bits per heavy atom. The Morgan fingerprint density at radius 2 is 2.08 bits per heavy atom. The van der Waals surface area contributed by atoms with E-state index in [1.165, 1.54) is 6.07 Å². The number of carbonyl (C=O) groups excluding carboxylic acids is 1. The van der Waals surface area contributed by atoms with E-state index in [2.05, 4.69) is 25.7 Å². The van der Waals surface area contributed by atoms with Crippen LogP contribution in [-0.2, 0) is 17.6 Å². The Hall–Kier alpha value is -3.03. The fraction of sp³-hybridized carbons (Fsp3) is 0.333. The second-order valence-electron chi connectivity index (χ2n) is 6.00. The highest BCUT2D eigenvalue weighted by atomic mass is 19.1. The van der Waals surface area contributed by atoms with Crippen molar-refractivity contribution in [2.75, 3.05) is 6.54 Å². The van der Waals surface area contributed by atoms with Crippen molar-refractivity contribution in [2.24, 2.45) is 0 Å². The van der Waals surface area contributed by atoms with Crippen LogP contribution in [0.5, 0.6) is 0 Å². The summed E-state index contributed by atoms with van der Waals surface area (Å²) in [6.45, 7) is 4.42. The summed E-state index contributed by atoms with van der Waals surface area (Å²) in [6, 6.07) is 6.21. The topological polar surface area (TPSA) is 96.7 Å². The number of benzene rings is 1. The minimum absolute atomic E-state index is 0.102. The molecule has 0 aliphatic heterocycles. The van der Waals surface area contributed by atoms with Gasteiger partial charge in [0.1, 0.15) is 5.82 Å². The first-order valence-electron chi connectivity index (χ1n) is 8.39. The zero-order valence-corrected chi connectivity index (χ0v) is 14.7. The van der Waals surface area contributed by atoms with Gasteiger partial charge in [-0.3, -0.25) is 9.89 Å². The predicted molar refractivity (Wildman–Crippen MR) is 92.8 cm³/mol. The third-order valence-electron chi connectivity index (χ3n) is 4.13. The lowest BCUT2D eigenvalue weighted by Crippen LogP contribution is -2.26. The molecule has 2 N–H and O–H groups in total. The summed E-state index contributed by atoms with van der Waals surface area (Å²) in [5, 5.41) is 13.7. The van der Waals surface area contributed by atoms with Crippen LogP contribution >= 0.6 is 0 Å². The van der Waals surface area contributed by atoms with Gasteiger partial charge in [-0.1, -0.05) is 17.3 Å². The third-order valence-corrected chi connectivity index (χ3v) is 4.13. The van der Waals surface area contributed by atoms with Crippen molar-refractivity contribution in [3.05, 3.63) is 52.9 Å². The van der Waals surface area contributed by atoms with E-state index in [0.717, 1.165) is 23.4 Å². The van der Waals surface area contributed by atoms with E-state index in [1.54, 1.807) is 18.2 Å². The Balaban J connectivity index is 1.47. The average Bonchev–Trinajstić information content (AvgIpc) is 3.22. The maximum atomic E-state index is 13.7. The van der Waals surface area contributed by atoms with E-state index in [-0.39, 0.29) is 23.7 Å². The molecule has 136 valence electrons.